The molecule has 0 unspecified atom stereocenters. The van der Waals surface area contributed by atoms with Gasteiger partial charge in [0.1, 0.15) is 17.3 Å². The van der Waals surface area contributed by atoms with E-state index in [2.05, 4.69) is 51.6 Å². The summed E-state index contributed by atoms with van der Waals surface area (Å²) in [5, 5.41) is 28.6. The van der Waals surface area contributed by atoms with Crippen LogP contribution in [0.2, 0.25) is 5.02 Å². The van der Waals surface area contributed by atoms with Crippen molar-refractivity contribution < 1.29 is 0 Å². The molecular weight excluding hydrogens is 464 g/mol. The summed E-state index contributed by atoms with van der Waals surface area (Å²) >= 11 is 6.35. The van der Waals surface area contributed by atoms with Gasteiger partial charge in [-0.3, -0.25) is 9.47 Å². The molecular formula is C24H23ClN10. The molecule has 0 bridgehead atoms. The molecule has 11 heteroatoms. The van der Waals surface area contributed by atoms with Gasteiger partial charge in [0.25, 0.3) is 0 Å². The van der Waals surface area contributed by atoms with Gasteiger partial charge in [0.15, 0.2) is 5.82 Å². The number of hydrogen-bond acceptors (Lipinski definition) is 9. The Balaban J connectivity index is 1.26. The van der Waals surface area contributed by atoms with Gasteiger partial charge in [-0.05, 0) is 43.7 Å². The Morgan fingerprint density at radius 1 is 1.03 bits per heavy atom. The third kappa shape index (κ3) is 3.49. The van der Waals surface area contributed by atoms with Gasteiger partial charge in [-0.1, -0.05) is 11.6 Å². The molecule has 0 N–H and O–H groups in total. The lowest BCUT2D eigenvalue weighted by Gasteiger charge is -2.60. The predicted octanol–water partition coefficient (Wildman–Crippen LogP) is 2.53. The van der Waals surface area contributed by atoms with Gasteiger partial charge in [-0.25, -0.2) is 9.97 Å². The third-order valence-electron chi connectivity index (χ3n) is 7.18. The highest BCUT2D eigenvalue weighted by atomic mass is 35.5. The molecule has 6 rings (SSSR count). The molecule has 35 heavy (non-hydrogen) atoms. The van der Waals surface area contributed by atoms with Crippen LogP contribution in [0.1, 0.15) is 30.9 Å². The second-order valence-corrected chi connectivity index (χ2v) is 10.6. The van der Waals surface area contributed by atoms with Crippen molar-refractivity contribution in [2.45, 2.75) is 32.5 Å². The van der Waals surface area contributed by atoms with Crippen molar-refractivity contribution in [1.29, 1.82) is 10.5 Å². The number of aromatic nitrogens is 5. The molecule has 2 fully saturated rings. The maximum atomic E-state index is 9.76. The average molecular weight is 487 g/mol. The molecule has 0 radical (unpaired) electrons. The fraction of sp³-hybridized carbons (Fsp3) is 0.417. The SMILES string of the molecule is CC(C)(C#N)N1Cc2cc(Cl)ccc2-n2c(nnc2N2CC3(CN(c4nccc(C#N)n4)C3)C2)C1. The van der Waals surface area contributed by atoms with Crippen LogP contribution in [0.15, 0.2) is 30.5 Å². The number of anilines is 2. The Hall–Kier alpha value is -3.73. The van der Waals surface area contributed by atoms with Crippen LogP contribution < -0.4 is 9.80 Å². The molecule has 2 saturated heterocycles. The summed E-state index contributed by atoms with van der Waals surface area (Å²) in [4.78, 5) is 15.1. The van der Waals surface area contributed by atoms with E-state index >= 15 is 0 Å². The molecule has 3 aromatic rings. The minimum Gasteiger partial charge on any atom is -0.339 e. The summed E-state index contributed by atoms with van der Waals surface area (Å²) in [6.45, 7) is 8.35. The van der Waals surface area contributed by atoms with Crippen molar-refractivity contribution >= 4 is 23.5 Å². The number of hydrogen-bond donors (Lipinski definition) is 0. The monoisotopic (exact) mass is 486 g/mol. The summed E-state index contributed by atoms with van der Waals surface area (Å²) in [6.07, 6.45) is 1.63. The van der Waals surface area contributed by atoms with Gasteiger partial charge in [-0.15, -0.1) is 10.2 Å². The van der Waals surface area contributed by atoms with Gasteiger partial charge in [0, 0.05) is 49.4 Å². The van der Waals surface area contributed by atoms with Crippen LogP contribution in [-0.2, 0) is 13.1 Å². The van der Waals surface area contributed by atoms with Crippen molar-refractivity contribution in [3.05, 3.63) is 52.6 Å². The zero-order valence-corrected chi connectivity index (χ0v) is 20.2. The second kappa shape index (κ2) is 7.64. The Labute approximate surface area is 208 Å². The fourth-order valence-electron chi connectivity index (χ4n) is 5.23. The topological polar surface area (TPSA) is 114 Å². The van der Waals surface area contributed by atoms with Crippen LogP contribution in [0.25, 0.3) is 5.69 Å². The van der Waals surface area contributed by atoms with Gasteiger partial charge < -0.3 is 9.80 Å². The minimum atomic E-state index is -0.665. The molecule has 0 saturated carbocycles. The van der Waals surface area contributed by atoms with Crippen LogP contribution in [0.3, 0.4) is 0 Å². The lowest BCUT2D eigenvalue weighted by atomic mass is 9.73. The first kappa shape index (κ1) is 21.8. The number of nitriles is 2. The summed E-state index contributed by atoms with van der Waals surface area (Å²) < 4.78 is 2.11. The summed E-state index contributed by atoms with van der Waals surface area (Å²) in [5.74, 6) is 2.23. The number of nitrogens with zero attached hydrogens (tertiary/aromatic N) is 10. The van der Waals surface area contributed by atoms with Gasteiger partial charge in [0.2, 0.25) is 11.9 Å². The van der Waals surface area contributed by atoms with Crippen molar-refractivity contribution in [2.24, 2.45) is 5.41 Å². The largest absolute Gasteiger partial charge is 0.339 e. The molecule has 10 nitrogen and oxygen atoms in total. The summed E-state index contributed by atoms with van der Waals surface area (Å²) in [5.41, 5.74) is 1.91. The van der Waals surface area contributed by atoms with Gasteiger partial charge in [0.05, 0.1) is 18.3 Å². The Bertz CT molecular complexity index is 1400. The molecule has 3 aliphatic heterocycles. The first-order valence-electron chi connectivity index (χ1n) is 11.4. The zero-order chi connectivity index (χ0) is 24.4. The van der Waals surface area contributed by atoms with E-state index in [0.717, 1.165) is 49.2 Å². The van der Waals surface area contributed by atoms with E-state index in [9.17, 15) is 5.26 Å². The third-order valence-corrected chi connectivity index (χ3v) is 7.42. The van der Waals surface area contributed by atoms with Crippen molar-refractivity contribution in [3.8, 4) is 17.8 Å². The number of fused-ring (bicyclic) bond motifs is 3. The molecule has 1 spiro atoms. The van der Waals surface area contributed by atoms with Crippen LogP contribution in [-0.4, -0.2) is 61.4 Å². The number of benzene rings is 1. The highest BCUT2D eigenvalue weighted by Gasteiger charge is 2.54. The Morgan fingerprint density at radius 3 is 2.54 bits per heavy atom. The lowest BCUT2D eigenvalue weighted by molar-refractivity contribution is 0.147. The maximum Gasteiger partial charge on any atom is 0.231 e. The van der Waals surface area contributed by atoms with Crippen molar-refractivity contribution in [1.82, 2.24) is 29.6 Å². The Kier molecular flexibility index (Phi) is 4.75. The highest BCUT2D eigenvalue weighted by molar-refractivity contribution is 6.30. The maximum absolute atomic E-state index is 9.76. The molecule has 0 amide bonds. The molecule has 5 heterocycles. The quantitative estimate of drug-likeness (QED) is 0.550. The van der Waals surface area contributed by atoms with E-state index in [0.29, 0.717) is 29.8 Å². The fourth-order valence-corrected chi connectivity index (χ4v) is 5.43. The number of rotatable bonds is 3. The van der Waals surface area contributed by atoms with E-state index in [1.807, 2.05) is 32.0 Å². The van der Waals surface area contributed by atoms with Crippen LogP contribution in [0.4, 0.5) is 11.9 Å². The summed E-state index contributed by atoms with van der Waals surface area (Å²) in [7, 11) is 0. The highest BCUT2D eigenvalue weighted by Crippen LogP contribution is 2.43. The van der Waals surface area contributed by atoms with Crippen LogP contribution in [0, 0.1) is 28.1 Å². The smallest absolute Gasteiger partial charge is 0.231 e. The molecule has 176 valence electrons. The van der Waals surface area contributed by atoms with Crippen LogP contribution in [0.5, 0.6) is 0 Å². The molecule has 3 aliphatic rings. The molecule has 1 aromatic carbocycles. The van der Waals surface area contributed by atoms with Crippen molar-refractivity contribution in [2.75, 3.05) is 36.0 Å². The lowest BCUT2D eigenvalue weighted by Crippen LogP contribution is -2.73. The van der Waals surface area contributed by atoms with E-state index in [1.165, 1.54) is 0 Å². The minimum absolute atomic E-state index is 0.154. The van der Waals surface area contributed by atoms with Gasteiger partial charge >= 0.3 is 0 Å². The van der Waals surface area contributed by atoms with E-state index in [-0.39, 0.29) is 5.41 Å². The zero-order valence-electron chi connectivity index (χ0n) is 19.5. The van der Waals surface area contributed by atoms with Gasteiger partial charge in [-0.2, -0.15) is 10.5 Å². The first-order chi connectivity index (χ1) is 16.8. The summed E-state index contributed by atoms with van der Waals surface area (Å²) in [6, 6.07) is 12.0. The van der Waals surface area contributed by atoms with E-state index < -0.39 is 5.54 Å². The predicted molar refractivity (Wildman–Crippen MR) is 129 cm³/mol. The average Bonchev–Trinajstić information content (AvgIpc) is 3.12. The second-order valence-electron chi connectivity index (χ2n) is 10.1. The molecule has 2 aromatic heterocycles. The first-order valence-corrected chi connectivity index (χ1v) is 11.8. The number of halogens is 1. The standard InChI is InChI=1S/C24H23ClN10/c1-23(2,11-27)34-9-16-7-17(25)3-4-19(16)35-20(10-34)30-31-22(35)33-14-24(15-33)12-32(13-24)21-28-6-5-18(8-26)29-21/h3-7H,9-10,12-15H2,1-2H3. The molecule has 0 aliphatic carbocycles. The van der Waals surface area contributed by atoms with E-state index in [1.54, 1.807) is 12.3 Å². The van der Waals surface area contributed by atoms with E-state index in [4.69, 9.17) is 16.9 Å². The Morgan fingerprint density at radius 2 is 1.80 bits per heavy atom. The van der Waals surface area contributed by atoms with Crippen molar-refractivity contribution in [3.63, 3.8) is 0 Å². The normalized spacial score (nSPS) is 18.5. The molecule has 0 atom stereocenters. The van der Waals surface area contributed by atoms with Crippen LogP contribution >= 0.6 is 11.6 Å².